The number of nitrogens with zero attached hydrogens (tertiary/aromatic N) is 2. The molecule has 0 saturated heterocycles. The van der Waals surface area contributed by atoms with Crippen molar-refractivity contribution in [3.63, 3.8) is 0 Å². The average Bonchev–Trinajstić information content (AvgIpc) is 3.05. The Hall–Kier alpha value is -3.22. The molecule has 0 aliphatic heterocycles. The normalized spacial score (nSPS) is 11.6. The number of aryl methyl sites for hydroxylation is 1. The van der Waals surface area contributed by atoms with Gasteiger partial charge in [-0.2, -0.15) is 8.78 Å². The minimum absolute atomic E-state index is 0.123. The Balaban J connectivity index is 1.65. The molecule has 0 unspecified atom stereocenters. The number of rotatable bonds is 6. The molecule has 0 aliphatic carbocycles. The highest BCUT2D eigenvalue weighted by molar-refractivity contribution is 5.81. The number of para-hydroxylation sites is 2. The number of halogens is 2. The van der Waals surface area contributed by atoms with Crippen LogP contribution in [0.25, 0.3) is 22.0 Å². The van der Waals surface area contributed by atoms with E-state index >= 15 is 0 Å². The van der Waals surface area contributed by atoms with Gasteiger partial charge in [0, 0.05) is 17.5 Å². The first-order chi connectivity index (χ1) is 13.6. The Morgan fingerprint density at radius 1 is 1.18 bits per heavy atom. The fraction of sp³-hybridized carbons (Fsp3) is 0.238. The molecule has 28 heavy (non-hydrogen) atoms. The quantitative estimate of drug-likeness (QED) is 0.436. The predicted octanol–water partition coefficient (Wildman–Crippen LogP) is 5.07. The van der Waals surface area contributed by atoms with Gasteiger partial charge in [0.2, 0.25) is 0 Å². The molecule has 2 heterocycles. The van der Waals surface area contributed by atoms with E-state index in [1.807, 2.05) is 13.0 Å². The molecule has 0 bridgehead atoms. The number of aromatic nitrogens is 2. The summed E-state index contributed by atoms with van der Waals surface area (Å²) in [5.74, 6) is 0.537. The van der Waals surface area contributed by atoms with E-state index in [2.05, 4.69) is 4.98 Å². The first kappa shape index (κ1) is 18.2. The predicted molar refractivity (Wildman–Crippen MR) is 102 cm³/mol. The van der Waals surface area contributed by atoms with Crippen molar-refractivity contribution in [1.29, 1.82) is 0 Å². The molecule has 0 radical (unpaired) electrons. The van der Waals surface area contributed by atoms with Crippen LogP contribution in [0.2, 0.25) is 0 Å². The second-order valence-corrected chi connectivity index (χ2v) is 6.45. The molecule has 2 aromatic carbocycles. The van der Waals surface area contributed by atoms with Gasteiger partial charge >= 0.3 is 12.2 Å². The smallest absolute Gasteiger partial charge is 0.336 e. The molecule has 2 aromatic heterocycles. The van der Waals surface area contributed by atoms with Crippen molar-refractivity contribution in [2.24, 2.45) is 0 Å². The van der Waals surface area contributed by atoms with Gasteiger partial charge in [-0.3, -0.25) is 4.57 Å². The molecule has 144 valence electrons. The number of ether oxygens (including phenoxy) is 1. The number of hydrogen-bond acceptors (Lipinski definition) is 4. The lowest BCUT2D eigenvalue weighted by Crippen LogP contribution is -2.08. The lowest BCUT2D eigenvalue weighted by Gasteiger charge is -2.10. The zero-order valence-electron chi connectivity index (χ0n) is 15.2. The third-order valence-corrected chi connectivity index (χ3v) is 4.55. The molecule has 0 N–H and O–H groups in total. The van der Waals surface area contributed by atoms with E-state index in [0.29, 0.717) is 22.4 Å². The van der Waals surface area contributed by atoms with Gasteiger partial charge in [-0.1, -0.05) is 25.5 Å². The molecule has 0 aliphatic rings. The molecule has 0 fully saturated rings. The maximum atomic E-state index is 13.5. The highest BCUT2D eigenvalue weighted by Crippen LogP contribution is 2.26. The Morgan fingerprint density at radius 3 is 2.79 bits per heavy atom. The van der Waals surface area contributed by atoms with Crippen LogP contribution in [0.1, 0.15) is 31.3 Å². The molecule has 4 aromatic rings. The zero-order valence-corrected chi connectivity index (χ0v) is 15.2. The van der Waals surface area contributed by atoms with E-state index in [9.17, 15) is 13.6 Å². The summed E-state index contributed by atoms with van der Waals surface area (Å²) in [6.45, 7) is -0.826. The summed E-state index contributed by atoms with van der Waals surface area (Å²) in [7, 11) is 0. The van der Waals surface area contributed by atoms with Crippen LogP contribution in [0.4, 0.5) is 8.78 Å². The van der Waals surface area contributed by atoms with Crippen LogP contribution in [0.15, 0.2) is 57.7 Å². The van der Waals surface area contributed by atoms with Crippen molar-refractivity contribution in [3.05, 3.63) is 70.3 Å². The van der Waals surface area contributed by atoms with Crippen LogP contribution in [0, 0.1) is 0 Å². The number of alkyl halides is 2. The summed E-state index contributed by atoms with van der Waals surface area (Å²) < 4.78 is 38.8. The van der Waals surface area contributed by atoms with Crippen LogP contribution in [-0.4, -0.2) is 9.55 Å². The van der Waals surface area contributed by atoms with E-state index in [1.165, 1.54) is 6.07 Å². The van der Waals surface area contributed by atoms with Crippen molar-refractivity contribution in [2.45, 2.75) is 32.9 Å². The summed E-state index contributed by atoms with van der Waals surface area (Å²) in [5, 5.41) is 0.841. The molecule has 5 nitrogen and oxygen atoms in total. The van der Waals surface area contributed by atoms with Crippen LogP contribution >= 0.6 is 0 Å². The van der Waals surface area contributed by atoms with Crippen molar-refractivity contribution < 1.29 is 17.9 Å². The third kappa shape index (κ3) is 3.35. The summed E-state index contributed by atoms with van der Waals surface area (Å²) >= 11 is 0. The van der Waals surface area contributed by atoms with E-state index in [4.69, 9.17) is 9.15 Å². The Kier molecular flexibility index (Phi) is 4.81. The van der Waals surface area contributed by atoms with Gasteiger partial charge in [-0.15, -0.1) is 0 Å². The molecular weight excluding hydrogens is 366 g/mol. The number of hydrogen-bond donors (Lipinski definition) is 0. The van der Waals surface area contributed by atoms with Crippen molar-refractivity contribution in [3.8, 4) is 5.75 Å². The largest absolute Gasteiger partial charge is 0.486 e. The molecule has 0 spiro atoms. The number of benzene rings is 2. The Morgan fingerprint density at radius 2 is 2.00 bits per heavy atom. The molecule has 0 atom stereocenters. The minimum Gasteiger partial charge on any atom is -0.486 e. The van der Waals surface area contributed by atoms with Gasteiger partial charge in [-0.25, -0.2) is 9.78 Å². The summed E-state index contributed by atoms with van der Waals surface area (Å²) in [6, 6.07) is 13.4. The summed E-state index contributed by atoms with van der Waals surface area (Å²) in [5.41, 5.74) is 1.74. The highest BCUT2D eigenvalue weighted by Gasteiger charge is 2.18. The zero-order chi connectivity index (χ0) is 19.7. The molecular formula is C21H18F2N2O3. The van der Waals surface area contributed by atoms with Crippen molar-refractivity contribution >= 4 is 22.0 Å². The van der Waals surface area contributed by atoms with Gasteiger partial charge < -0.3 is 9.15 Å². The fourth-order valence-corrected chi connectivity index (χ4v) is 3.34. The standard InChI is InChI=1S/C21H18F2N2O3/c1-2-5-13-10-20(26)28-18-11-14(8-9-15(13)18)27-12-19-24-16-6-3-4-7-17(16)25(19)21(22)23/h3-4,6-11,21H,2,5,12H2,1H3. The SMILES string of the molecule is CCCc1cc(=O)oc2cc(OCc3nc4ccccc4n3C(F)F)ccc12. The average molecular weight is 384 g/mol. The Bertz CT molecular complexity index is 1200. The second-order valence-electron chi connectivity index (χ2n) is 6.45. The second kappa shape index (κ2) is 7.42. The maximum Gasteiger partial charge on any atom is 0.336 e. The van der Waals surface area contributed by atoms with Gasteiger partial charge in [0.1, 0.15) is 17.9 Å². The summed E-state index contributed by atoms with van der Waals surface area (Å²) in [4.78, 5) is 16.0. The van der Waals surface area contributed by atoms with Crippen LogP contribution in [0.5, 0.6) is 5.75 Å². The van der Waals surface area contributed by atoms with Crippen LogP contribution in [0.3, 0.4) is 0 Å². The third-order valence-electron chi connectivity index (χ3n) is 4.55. The van der Waals surface area contributed by atoms with E-state index in [-0.39, 0.29) is 12.4 Å². The van der Waals surface area contributed by atoms with Gasteiger partial charge in [0.15, 0.2) is 5.82 Å². The first-order valence-corrected chi connectivity index (χ1v) is 9.00. The maximum absolute atomic E-state index is 13.5. The number of fused-ring (bicyclic) bond motifs is 2. The van der Waals surface area contributed by atoms with E-state index in [1.54, 1.807) is 36.4 Å². The van der Waals surface area contributed by atoms with Gasteiger partial charge in [0.25, 0.3) is 0 Å². The molecule has 4 rings (SSSR count). The first-order valence-electron chi connectivity index (χ1n) is 9.00. The minimum atomic E-state index is -2.72. The lowest BCUT2D eigenvalue weighted by atomic mass is 10.1. The molecule has 0 saturated carbocycles. The summed E-state index contributed by atoms with van der Waals surface area (Å²) in [6.07, 6.45) is 1.67. The fourth-order valence-electron chi connectivity index (χ4n) is 3.34. The molecule has 7 heteroatoms. The molecule has 0 amide bonds. The lowest BCUT2D eigenvalue weighted by molar-refractivity contribution is 0.0677. The topological polar surface area (TPSA) is 57.3 Å². The van der Waals surface area contributed by atoms with Crippen LogP contribution < -0.4 is 10.4 Å². The van der Waals surface area contributed by atoms with Crippen molar-refractivity contribution in [2.75, 3.05) is 0 Å². The highest BCUT2D eigenvalue weighted by atomic mass is 19.3. The van der Waals surface area contributed by atoms with Crippen molar-refractivity contribution in [1.82, 2.24) is 9.55 Å². The van der Waals surface area contributed by atoms with Gasteiger partial charge in [-0.05, 0) is 36.2 Å². The van der Waals surface area contributed by atoms with E-state index < -0.39 is 12.2 Å². The monoisotopic (exact) mass is 384 g/mol. The number of imidazole rings is 1. The Labute approximate surface area is 159 Å². The van der Waals surface area contributed by atoms with Gasteiger partial charge in [0.05, 0.1) is 11.0 Å². The van der Waals surface area contributed by atoms with E-state index in [0.717, 1.165) is 28.4 Å². The van der Waals surface area contributed by atoms with Crippen LogP contribution in [-0.2, 0) is 13.0 Å².